The first-order valence-corrected chi connectivity index (χ1v) is 8.41. The predicted molar refractivity (Wildman–Crippen MR) is 89.9 cm³/mol. The van der Waals surface area contributed by atoms with E-state index in [1.807, 2.05) is 18.2 Å². The highest BCUT2D eigenvalue weighted by atomic mass is 16.6. The van der Waals surface area contributed by atoms with Crippen molar-refractivity contribution in [2.45, 2.75) is 18.8 Å². The second-order valence-electron chi connectivity index (χ2n) is 6.32. The van der Waals surface area contributed by atoms with E-state index in [1.54, 1.807) is 6.20 Å². The van der Waals surface area contributed by atoms with Gasteiger partial charge in [-0.15, -0.1) is 0 Å². The van der Waals surface area contributed by atoms with Crippen molar-refractivity contribution < 1.29 is 14.3 Å². The molecule has 1 aromatic carbocycles. The summed E-state index contributed by atoms with van der Waals surface area (Å²) in [5.74, 6) is 1.85. The zero-order valence-corrected chi connectivity index (χ0v) is 13.7. The molecule has 4 rings (SSSR count). The number of hydrogen-bond acceptors (Lipinski definition) is 5. The van der Waals surface area contributed by atoms with Crippen LogP contribution in [0, 0.1) is 5.92 Å². The minimum atomic E-state index is -0.368. The molecule has 2 unspecified atom stereocenters. The van der Waals surface area contributed by atoms with Gasteiger partial charge in [0.25, 0.3) is 0 Å². The minimum Gasteiger partial charge on any atom is -0.486 e. The molecule has 2 atom stereocenters. The molecule has 2 aliphatic rings. The molecule has 1 aliphatic heterocycles. The van der Waals surface area contributed by atoms with E-state index < -0.39 is 0 Å². The van der Waals surface area contributed by atoms with Gasteiger partial charge in [0, 0.05) is 24.9 Å². The van der Waals surface area contributed by atoms with Crippen LogP contribution >= 0.6 is 0 Å². The molecule has 0 radical (unpaired) electrons. The van der Waals surface area contributed by atoms with Crippen molar-refractivity contribution >= 4 is 5.91 Å². The number of benzene rings is 1. The second kappa shape index (κ2) is 6.58. The van der Waals surface area contributed by atoms with Gasteiger partial charge in [0.1, 0.15) is 13.2 Å². The standard InChI is InChI=1S/C18H19N3O4/c22-17(19-4-3-11-9-20-18(23)21-10-11)14-8-13(14)12-1-2-15-16(7-12)25-6-5-24-15/h1-2,7,9-10,13-14H,3-6,8H2,(H,19,22)(H,20,21,23). The van der Waals surface area contributed by atoms with E-state index in [2.05, 4.69) is 15.3 Å². The largest absolute Gasteiger partial charge is 0.486 e. The second-order valence-corrected chi connectivity index (χ2v) is 6.32. The van der Waals surface area contributed by atoms with Crippen molar-refractivity contribution in [3.05, 3.63) is 52.2 Å². The van der Waals surface area contributed by atoms with Gasteiger partial charge < -0.3 is 19.8 Å². The first-order chi connectivity index (χ1) is 12.2. The maximum atomic E-state index is 12.3. The molecular formula is C18H19N3O4. The molecule has 2 aromatic rings. The van der Waals surface area contributed by atoms with Crippen LogP contribution in [0.15, 0.2) is 35.4 Å². The molecule has 0 spiro atoms. The zero-order chi connectivity index (χ0) is 17.2. The van der Waals surface area contributed by atoms with Crippen molar-refractivity contribution in [1.82, 2.24) is 15.3 Å². The van der Waals surface area contributed by atoms with Gasteiger partial charge in [-0.2, -0.15) is 0 Å². The maximum Gasteiger partial charge on any atom is 0.344 e. The molecule has 130 valence electrons. The number of H-pyrrole nitrogens is 1. The number of aromatic nitrogens is 2. The van der Waals surface area contributed by atoms with Gasteiger partial charge in [-0.1, -0.05) is 6.07 Å². The highest BCUT2D eigenvalue weighted by Crippen LogP contribution is 2.49. The molecule has 1 amide bonds. The lowest BCUT2D eigenvalue weighted by atomic mass is 10.1. The normalized spacial score (nSPS) is 20.8. The van der Waals surface area contributed by atoms with Crippen molar-refractivity contribution in [2.24, 2.45) is 5.92 Å². The quantitative estimate of drug-likeness (QED) is 0.846. The molecular weight excluding hydrogens is 322 g/mol. The van der Waals surface area contributed by atoms with Crippen LogP contribution in [0.4, 0.5) is 0 Å². The summed E-state index contributed by atoms with van der Waals surface area (Å²) in [7, 11) is 0. The number of carbonyl (C=O) groups excluding carboxylic acids is 1. The topological polar surface area (TPSA) is 93.3 Å². The van der Waals surface area contributed by atoms with Gasteiger partial charge in [0.15, 0.2) is 11.5 Å². The summed E-state index contributed by atoms with van der Waals surface area (Å²) < 4.78 is 11.1. The third-order valence-corrected chi connectivity index (χ3v) is 4.56. The Morgan fingerprint density at radius 2 is 2.12 bits per heavy atom. The number of aromatic amines is 1. The third-order valence-electron chi connectivity index (χ3n) is 4.56. The molecule has 1 fully saturated rings. The fourth-order valence-corrected chi connectivity index (χ4v) is 3.11. The number of rotatable bonds is 5. The highest BCUT2D eigenvalue weighted by Gasteiger charge is 2.44. The first-order valence-electron chi connectivity index (χ1n) is 8.41. The van der Waals surface area contributed by atoms with Crippen LogP contribution in [-0.2, 0) is 11.2 Å². The third kappa shape index (κ3) is 3.50. The van der Waals surface area contributed by atoms with Crippen molar-refractivity contribution in [3.8, 4) is 11.5 Å². The molecule has 2 N–H and O–H groups in total. The zero-order valence-electron chi connectivity index (χ0n) is 13.7. The summed E-state index contributed by atoms with van der Waals surface area (Å²) in [4.78, 5) is 29.4. The van der Waals surface area contributed by atoms with Crippen molar-refractivity contribution in [1.29, 1.82) is 0 Å². The number of amides is 1. The molecule has 1 aromatic heterocycles. The molecule has 1 saturated carbocycles. The molecule has 7 heteroatoms. The van der Waals surface area contributed by atoms with Gasteiger partial charge in [-0.05, 0) is 42.0 Å². The van der Waals surface area contributed by atoms with Gasteiger partial charge >= 0.3 is 5.69 Å². The van der Waals surface area contributed by atoms with Crippen LogP contribution in [0.3, 0.4) is 0 Å². The fraction of sp³-hybridized carbons (Fsp3) is 0.389. The van der Waals surface area contributed by atoms with Crippen LogP contribution in [0.2, 0.25) is 0 Å². The summed E-state index contributed by atoms with van der Waals surface area (Å²) in [6.07, 6.45) is 4.64. The van der Waals surface area contributed by atoms with E-state index in [9.17, 15) is 9.59 Å². The Bertz CT molecular complexity index is 828. The smallest absolute Gasteiger partial charge is 0.344 e. The van der Waals surface area contributed by atoms with Crippen LogP contribution < -0.4 is 20.5 Å². The van der Waals surface area contributed by atoms with E-state index >= 15 is 0 Å². The van der Waals surface area contributed by atoms with Gasteiger partial charge in [-0.25, -0.2) is 9.78 Å². The number of carbonyl (C=O) groups is 1. The molecule has 0 bridgehead atoms. The average Bonchev–Trinajstić information content (AvgIpc) is 3.44. The summed E-state index contributed by atoms with van der Waals surface area (Å²) >= 11 is 0. The fourth-order valence-electron chi connectivity index (χ4n) is 3.11. The van der Waals surface area contributed by atoms with Gasteiger partial charge in [-0.3, -0.25) is 4.79 Å². The Hall–Kier alpha value is -2.83. The van der Waals surface area contributed by atoms with E-state index in [-0.39, 0.29) is 23.4 Å². The Kier molecular flexibility index (Phi) is 4.13. The average molecular weight is 341 g/mol. The number of nitrogens with one attached hydrogen (secondary N) is 2. The number of ether oxygens (including phenoxy) is 2. The van der Waals surface area contributed by atoms with Crippen LogP contribution in [0.5, 0.6) is 11.5 Å². The van der Waals surface area contributed by atoms with Crippen LogP contribution in [0.25, 0.3) is 0 Å². The SMILES string of the molecule is O=C(NCCc1cnc(=O)[nH]c1)C1CC1c1ccc2c(c1)OCCO2. The van der Waals surface area contributed by atoms with Crippen molar-refractivity contribution in [3.63, 3.8) is 0 Å². The van der Waals surface area contributed by atoms with Crippen LogP contribution in [-0.4, -0.2) is 35.6 Å². The summed E-state index contributed by atoms with van der Waals surface area (Å²) in [5, 5.41) is 2.96. The maximum absolute atomic E-state index is 12.3. The lowest BCUT2D eigenvalue weighted by molar-refractivity contribution is -0.122. The van der Waals surface area contributed by atoms with E-state index in [4.69, 9.17) is 9.47 Å². The van der Waals surface area contributed by atoms with E-state index in [0.29, 0.717) is 26.2 Å². The molecule has 7 nitrogen and oxygen atoms in total. The molecule has 25 heavy (non-hydrogen) atoms. The number of nitrogens with zero attached hydrogens (tertiary/aromatic N) is 1. The van der Waals surface area contributed by atoms with Crippen molar-refractivity contribution in [2.75, 3.05) is 19.8 Å². The van der Waals surface area contributed by atoms with Crippen LogP contribution in [0.1, 0.15) is 23.5 Å². The molecule has 1 aliphatic carbocycles. The summed E-state index contributed by atoms with van der Waals surface area (Å²) in [6.45, 7) is 1.66. The first kappa shape index (κ1) is 15.7. The monoisotopic (exact) mass is 341 g/mol. The number of hydrogen-bond donors (Lipinski definition) is 2. The predicted octanol–water partition coefficient (Wildman–Crippen LogP) is 1.00. The van der Waals surface area contributed by atoms with Gasteiger partial charge in [0.05, 0.1) is 0 Å². The van der Waals surface area contributed by atoms with E-state index in [0.717, 1.165) is 29.0 Å². The van der Waals surface area contributed by atoms with E-state index in [1.165, 1.54) is 6.20 Å². The Balaban J connectivity index is 1.29. The number of fused-ring (bicyclic) bond motifs is 1. The van der Waals surface area contributed by atoms with Gasteiger partial charge in [0.2, 0.25) is 5.91 Å². The molecule has 2 heterocycles. The highest BCUT2D eigenvalue weighted by molar-refractivity contribution is 5.83. The lowest BCUT2D eigenvalue weighted by Crippen LogP contribution is -2.27. The molecule has 0 saturated heterocycles. The Morgan fingerprint density at radius 3 is 2.92 bits per heavy atom. The Morgan fingerprint density at radius 1 is 1.28 bits per heavy atom. The lowest BCUT2D eigenvalue weighted by Gasteiger charge is -2.18. The minimum absolute atomic E-state index is 0.0104. The Labute approximate surface area is 144 Å². The summed E-state index contributed by atoms with van der Waals surface area (Å²) in [5.41, 5.74) is 1.64. The summed E-state index contributed by atoms with van der Waals surface area (Å²) in [6, 6.07) is 5.91.